The van der Waals surface area contributed by atoms with E-state index >= 15 is 0 Å². The van der Waals surface area contributed by atoms with Crippen LogP contribution in [-0.2, 0) is 11.2 Å². The minimum Gasteiger partial charge on any atom is -0.507 e. The van der Waals surface area contributed by atoms with Crippen LogP contribution >= 0.6 is 11.3 Å². The highest BCUT2D eigenvalue weighted by Crippen LogP contribution is 2.45. The van der Waals surface area contributed by atoms with Crippen molar-refractivity contribution in [3.63, 3.8) is 0 Å². The molecule has 1 aromatic rings. The fourth-order valence-corrected chi connectivity index (χ4v) is 2.66. The maximum atomic E-state index is 10.9. The highest BCUT2D eigenvalue weighted by Gasteiger charge is 2.26. The molecule has 1 saturated carbocycles. The summed E-state index contributed by atoms with van der Waals surface area (Å²) in [6.45, 7) is 1.55. The van der Waals surface area contributed by atoms with Gasteiger partial charge in [-0.25, -0.2) is 0 Å². The fraction of sp³-hybridized carbons (Fsp3) is 0.500. The number of hydrogen-bond acceptors (Lipinski definition) is 3. The van der Waals surface area contributed by atoms with Gasteiger partial charge in [0.2, 0.25) is 0 Å². The van der Waals surface area contributed by atoms with Crippen molar-refractivity contribution in [2.45, 2.75) is 32.1 Å². The van der Waals surface area contributed by atoms with Crippen molar-refractivity contribution in [2.24, 2.45) is 0 Å². The first-order valence-corrected chi connectivity index (χ1v) is 5.29. The molecule has 0 aliphatic heterocycles. The van der Waals surface area contributed by atoms with Gasteiger partial charge in [-0.2, -0.15) is 0 Å². The van der Waals surface area contributed by atoms with Crippen LogP contribution in [0.4, 0.5) is 0 Å². The van der Waals surface area contributed by atoms with Gasteiger partial charge in [0.15, 0.2) is 0 Å². The van der Waals surface area contributed by atoms with E-state index in [2.05, 4.69) is 0 Å². The number of Topliss-reactive ketones (excluding diaryl/α,β-unsaturated/α-hetero) is 1. The normalized spacial score (nSPS) is 16.1. The van der Waals surface area contributed by atoms with Gasteiger partial charge in [0.25, 0.3) is 0 Å². The number of carbonyl (C=O) groups is 1. The van der Waals surface area contributed by atoms with E-state index in [0.717, 1.165) is 4.88 Å². The van der Waals surface area contributed by atoms with Gasteiger partial charge in [0.05, 0.1) is 4.88 Å². The molecule has 0 unspecified atom stereocenters. The van der Waals surface area contributed by atoms with Gasteiger partial charge in [0, 0.05) is 11.3 Å². The van der Waals surface area contributed by atoms with Gasteiger partial charge < -0.3 is 5.11 Å². The second kappa shape index (κ2) is 3.14. The van der Waals surface area contributed by atoms with Crippen molar-refractivity contribution in [2.75, 3.05) is 0 Å². The summed E-state index contributed by atoms with van der Waals surface area (Å²) in [5.41, 5.74) is 0. The minimum atomic E-state index is 0.111. The number of hydrogen-bond donors (Lipinski definition) is 1. The summed E-state index contributed by atoms with van der Waals surface area (Å²) in [5, 5.41) is 9.52. The van der Waals surface area contributed by atoms with Gasteiger partial charge in [-0.15, -0.1) is 11.3 Å². The van der Waals surface area contributed by atoms with Crippen molar-refractivity contribution < 1.29 is 9.90 Å². The van der Waals surface area contributed by atoms with E-state index in [1.54, 1.807) is 18.3 Å². The standard InChI is InChI=1S/C10H12O2S/c1-6(11)4-10-8(12)5-9(13-10)7-2-3-7/h5,7,12H,2-4H2,1H3. The maximum absolute atomic E-state index is 10.9. The van der Waals surface area contributed by atoms with E-state index in [-0.39, 0.29) is 5.78 Å². The molecule has 1 fully saturated rings. The summed E-state index contributed by atoms with van der Waals surface area (Å²) in [6, 6.07) is 1.82. The zero-order valence-corrected chi connectivity index (χ0v) is 8.36. The van der Waals surface area contributed by atoms with Crippen molar-refractivity contribution in [3.8, 4) is 5.75 Å². The van der Waals surface area contributed by atoms with Crippen LogP contribution in [0.3, 0.4) is 0 Å². The number of aromatic hydroxyl groups is 1. The number of thiophene rings is 1. The van der Waals surface area contributed by atoms with Gasteiger partial charge in [-0.1, -0.05) is 0 Å². The van der Waals surface area contributed by atoms with E-state index in [9.17, 15) is 9.90 Å². The second-order valence-corrected chi connectivity index (χ2v) is 4.78. The first-order chi connectivity index (χ1) is 6.16. The Morgan fingerprint density at radius 2 is 2.38 bits per heavy atom. The van der Waals surface area contributed by atoms with Crippen LogP contribution in [0, 0.1) is 0 Å². The molecule has 0 saturated heterocycles. The molecule has 13 heavy (non-hydrogen) atoms. The van der Waals surface area contributed by atoms with Crippen LogP contribution in [0.15, 0.2) is 6.07 Å². The number of carbonyl (C=O) groups excluding carboxylic acids is 1. The van der Waals surface area contributed by atoms with E-state index in [1.165, 1.54) is 17.7 Å². The van der Waals surface area contributed by atoms with Crippen LogP contribution in [0.1, 0.15) is 35.4 Å². The fourth-order valence-electron chi connectivity index (χ4n) is 1.36. The molecule has 1 heterocycles. The number of ketones is 1. The van der Waals surface area contributed by atoms with E-state index in [1.807, 2.05) is 6.07 Å². The van der Waals surface area contributed by atoms with Crippen LogP contribution in [-0.4, -0.2) is 10.9 Å². The lowest BCUT2D eigenvalue weighted by atomic mass is 10.2. The molecule has 1 aliphatic rings. The number of rotatable bonds is 3. The van der Waals surface area contributed by atoms with Crippen molar-refractivity contribution in [3.05, 3.63) is 15.8 Å². The quantitative estimate of drug-likeness (QED) is 0.806. The third-order valence-electron chi connectivity index (χ3n) is 2.19. The molecular weight excluding hydrogens is 184 g/mol. The van der Waals surface area contributed by atoms with Crippen LogP contribution in [0.5, 0.6) is 5.75 Å². The summed E-state index contributed by atoms with van der Waals surface area (Å²) in [6.07, 6.45) is 2.85. The Morgan fingerprint density at radius 3 is 2.92 bits per heavy atom. The predicted octanol–water partition coefficient (Wildman–Crippen LogP) is 2.46. The Morgan fingerprint density at radius 1 is 1.69 bits per heavy atom. The Kier molecular flexibility index (Phi) is 2.12. The Balaban J connectivity index is 2.19. The lowest BCUT2D eigenvalue weighted by molar-refractivity contribution is -0.116. The smallest absolute Gasteiger partial charge is 0.135 e. The van der Waals surface area contributed by atoms with Gasteiger partial charge >= 0.3 is 0 Å². The highest BCUT2D eigenvalue weighted by atomic mass is 32.1. The molecule has 0 amide bonds. The van der Waals surface area contributed by atoms with Gasteiger partial charge in [0.1, 0.15) is 11.5 Å². The Bertz CT molecular complexity index is 337. The maximum Gasteiger partial charge on any atom is 0.135 e. The molecule has 3 heteroatoms. The lowest BCUT2D eigenvalue weighted by Crippen LogP contribution is -1.92. The summed E-state index contributed by atoms with van der Waals surface area (Å²) < 4.78 is 0. The van der Waals surface area contributed by atoms with Crippen molar-refractivity contribution in [1.29, 1.82) is 0 Å². The molecule has 2 rings (SSSR count). The van der Waals surface area contributed by atoms with Gasteiger partial charge in [-0.05, 0) is 31.7 Å². The molecule has 1 aromatic heterocycles. The molecule has 1 N–H and O–H groups in total. The largest absolute Gasteiger partial charge is 0.507 e. The molecule has 0 spiro atoms. The molecular formula is C10H12O2S. The van der Waals surface area contributed by atoms with Gasteiger partial charge in [-0.3, -0.25) is 4.79 Å². The van der Waals surface area contributed by atoms with Crippen LogP contribution in [0.25, 0.3) is 0 Å². The Hall–Kier alpha value is -0.830. The third-order valence-corrected chi connectivity index (χ3v) is 3.48. The summed E-state index contributed by atoms with van der Waals surface area (Å²) in [7, 11) is 0. The summed E-state index contributed by atoms with van der Waals surface area (Å²) in [5.74, 6) is 1.08. The molecule has 0 radical (unpaired) electrons. The van der Waals surface area contributed by atoms with E-state index in [0.29, 0.717) is 18.1 Å². The third kappa shape index (κ3) is 1.91. The SMILES string of the molecule is CC(=O)Cc1sc(C2CC2)cc1O. The molecule has 0 aromatic carbocycles. The first kappa shape index (κ1) is 8.75. The summed E-state index contributed by atoms with van der Waals surface area (Å²) in [4.78, 5) is 12.9. The minimum absolute atomic E-state index is 0.111. The lowest BCUT2D eigenvalue weighted by Gasteiger charge is -1.91. The first-order valence-electron chi connectivity index (χ1n) is 4.48. The summed E-state index contributed by atoms with van der Waals surface area (Å²) >= 11 is 1.59. The average molecular weight is 196 g/mol. The van der Waals surface area contributed by atoms with Crippen LogP contribution < -0.4 is 0 Å². The molecule has 70 valence electrons. The van der Waals surface area contributed by atoms with Crippen molar-refractivity contribution in [1.82, 2.24) is 0 Å². The molecule has 2 nitrogen and oxygen atoms in total. The topological polar surface area (TPSA) is 37.3 Å². The molecule has 0 bridgehead atoms. The monoisotopic (exact) mass is 196 g/mol. The zero-order valence-electron chi connectivity index (χ0n) is 7.54. The highest BCUT2D eigenvalue weighted by molar-refractivity contribution is 7.12. The van der Waals surface area contributed by atoms with E-state index in [4.69, 9.17) is 0 Å². The van der Waals surface area contributed by atoms with Crippen LogP contribution in [0.2, 0.25) is 0 Å². The molecule has 0 atom stereocenters. The average Bonchev–Trinajstić information content (AvgIpc) is 2.79. The molecule has 1 aliphatic carbocycles. The predicted molar refractivity (Wildman–Crippen MR) is 52.3 cm³/mol. The second-order valence-electron chi connectivity index (χ2n) is 3.61. The Labute approximate surface area is 81.2 Å². The van der Waals surface area contributed by atoms with E-state index < -0.39 is 0 Å². The zero-order chi connectivity index (χ0) is 9.42. The van der Waals surface area contributed by atoms with Crippen molar-refractivity contribution >= 4 is 17.1 Å².